The Bertz CT molecular complexity index is 1660. The number of allylic oxidation sites excluding steroid dienone is 2. The summed E-state index contributed by atoms with van der Waals surface area (Å²) < 4.78 is 35.6. The van der Waals surface area contributed by atoms with Gasteiger partial charge in [0.05, 0.1) is 42.0 Å². The van der Waals surface area contributed by atoms with Crippen molar-refractivity contribution in [2.24, 2.45) is 23.7 Å². The lowest BCUT2D eigenvalue weighted by Crippen LogP contribution is -2.65. The Kier molecular flexibility index (Phi) is 18.0. The van der Waals surface area contributed by atoms with Crippen LogP contribution in [0.5, 0.6) is 0 Å². The number of aliphatic hydroxyl groups excluding tert-OH is 8. The van der Waals surface area contributed by atoms with Crippen molar-refractivity contribution in [2.45, 2.75) is 218 Å². The van der Waals surface area contributed by atoms with E-state index in [4.69, 9.17) is 28.4 Å². The average Bonchev–Trinajstić information content (AvgIpc) is 3.73. The van der Waals surface area contributed by atoms with Gasteiger partial charge in [0, 0.05) is 5.92 Å². The molecular formula is C47H76O16. The van der Waals surface area contributed by atoms with E-state index < -0.39 is 116 Å². The molecule has 0 aromatic carbocycles. The highest BCUT2D eigenvalue weighted by Crippen LogP contribution is 2.52. The van der Waals surface area contributed by atoms with E-state index in [1.165, 1.54) is 13.8 Å². The Hall–Kier alpha value is -1.97. The molecule has 63 heavy (non-hydrogen) atoms. The summed E-state index contributed by atoms with van der Waals surface area (Å²) in [4.78, 5) is 14.1. The minimum absolute atomic E-state index is 0.00260. The number of rotatable bonds is 15. The zero-order valence-electron chi connectivity index (χ0n) is 38.6. The molecule has 16 heteroatoms. The van der Waals surface area contributed by atoms with Crippen molar-refractivity contribution in [1.82, 2.24) is 0 Å². The average molecular weight is 897 g/mol. The molecule has 3 aliphatic heterocycles. The number of hydrogen-bond donors (Lipinski definition) is 9. The zero-order valence-corrected chi connectivity index (χ0v) is 38.6. The molecule has 22 unspecified atom stereocenters. The van der Waals surface area contributed by atoms with Crippen molar-refractivity contribution in [3.05, 3.63) is 46.6 Å². The van der Waals surface area contributed by atoms with Crippen LogP contribution in [0.3, 0.4) is 0 Å². The van der Waals surface area contributed by atoms with Crippen LogP contribution < -0.4 is 0 Å². The van der Waals surface area contributed by atoms with Gasteiger partial charge in [0.25, 0.3) is 0 Å². The highest BCUT2D eigenvalue weighted by Gasteiger charge is 2.57. The molecule has 2 aliphatic carbocycles. The maximum atomic E-state index is 14.1. The number of carbonyl (C=O) groups is 1. The van der Waals surface area contributed by atoms with Crippen molar-refractivity contribution < 1.29 is 79.2 Å². The SMILES string of the molecule is CC(C)=CCC(O)C(C)=CC1C(=O)C2CCCC2C(C)C1(O)CC=C(C)C(CC=C(C)C)OC1OC(C)C(OC2OC(C)C(OC3OC(C)C(O)C(O)C3O)C(O)C2O)C(O)C1O. The number of aliphatic hydroxyl groups is 9. The van der Waals surface area contributed by atoms with Gasteiger partial charge in [-0.1, -0.05) is 48.8 Å². The van der Waals surface area contributed by atoms with Crippen LogP contribution in [-0.4, -0.2) is 162 Å². The Balaban J connectivity index is 1.29. The fourth-order valence-electron chi connectivity index (χ4n) is 9.88. The topological polar surface area (TPSA) is 255 Å². The molecule has 5 fully saturated rings. The molecule has 16 nitrogen and oxygen atoms in total. The van der Waals surface area contributed by atoms with Gasteiger partial charge in [-0.2, -0.15) is 0 Å². The summed E-state index contributed by atoms with van der Waals surface area (Å²) in [6.07, 6.45) is -11.4. The molecule has 2 saturated carbocycles. The molecule has 0 aromatic heterocycles. The van der Waals surface area contributed by atoms with Gasteiger partial charge in [-0.25, -0.2) is 0 Å². The third kappa shape index (κ3) is 11.6. The normalized spacial score (nSPS) is 44.7. The first-order chi connectivity index (χ1) is 29.5. The van der Waals surface area contributed by atoms with Gasteiger partial charge in [0.1, 0.15) is 60.7 Å². The Morgan fingerprint density at radius 3 is 1.75 bits per heavy atom. The summed E-state index contributed by atoms with van der Waals surface area (Å²) >= 11 is 0. The van der Waals surface area contributed by atoms with Crippen LogP contribution >= 0.6 is 0 Å². The quantitative estimate of drug-likeness (QED) is 0.107. The number of fused-ring (bicyclic) bond motifs is 1. The van der Waals surface area contributed by atoms with E-state index in [1.807, 2.05) is 59.8 Å². The van der Waals surface area contributed by atoms with Crippen molar-refractivity contribution in [1.29, 1.82) is 0 Å². The van der Waals surface area contributed by atoms with Crippen molar-refractivity contribution in [3.8, 4) is 0 Å². The first-order valence-electron chi connectivity index (χ1n) is 22.7. The number of hydrogen-bond acceptors (Lipinski definition) is 16. The van der Waals surface area contributed by atoms with Gasteiger partial charge >= 0.3 is 0 Å². The smallest absolute Gasteiger partial charge is 0.187 e. The van der Waals surface area contributed by atoms with Crippen LogP contribution in [0, 0.1) is 23.7 Å². The molecule has 0 aromatic rings. The molecule has 22 atom stereocenters. The molecule has 0 amide bonds. The number of ether oxygens (including phenoxy) is 6. The monoisotopic (exact) mass is 897 g/mol. The lowest BCUT2D eigenvalue weighted by Gasteiger charge is -2.48. The standard InChI is InChI=1S/C47H76O16/c1-21(2)14-16-32(48)24(6)20-31-35(50)30-13-11-12-29(30)25(7)47(31,57)19-18-23(5)33(17-15-22(3)4)61-44-40(55)37(52)42(27(9)59-44)63-46-41(56)38(53)43(28(10)60-46)62-45-39(54)36(51)34(49)26(8)58-45/h14-15,18,20,25-34,36-46,48-49,51-57H,11-13,16-17,19H2,1-10H3. The van der Waals surface area contributed by atoms with Crippen LogP contribution in [0.25, 0.3) is 0 Å². The summed E-state index contributed by atoms with van der Waals surface area (Å²) in [5, 5.41) is 99.3. The van der Waals surface area contributed by atoms with Gasteiger partial charge in [-0.05, 0) is 117 Å². The summed E-state index contributed by atoms with van der Waals surface area (Å²) in [6.45, 7) is 18.0. The zero-order chi connectivity index (χ0) is 46.8. The molecule has 5 rings (SSSR count). The third-order valence-electron chi connectivity index (χ3n) is 14.2. The number of carbonyl (C=O) groups excluding carboxylic acids is 1. The maximum absolute atomic E-state index is 14.1. The second kappa shape index (κ2) is 21.8. The Morgan fingerprint density at radius 1 is 0.667 bits per heavy atom. The van der Waals surface area contributed by atoms with Crippen LogP contribution in [-0.2, 0) is 33.2 Å². The van der Waals surface area contributed by atoms with Crippen LogP contribution in [0.1, 0.15) is 108 Å². The van der Waals surface area contributed by atoms with Gasteiger partial charge in [-0.15, -0.1) is 0 Å². The molecule has 9 N–H and O–H groups in total. The lowest BCUT2D eigenvalue weighted by atomic mass is 9.58. The van der Waals surface area contributed by atoms with Gasteiger partial charge < -0.3 is 74.4 Å². The van der Waals surface area contributed by atoms with Gasteiger partial charge in [-0.3, -0.25) is 4.79 Å². The van der Waals surface area contributed by atoms with E-state index in [-0.39, 0.29) is 30.0 Å². The second-order valence-electron chi connectivity index (χ2n) is 19.4. The highest BCUT2D eigenvalue weighted by molar-refractivity contribution is 5.88. The van der Waals surface area contributed by atoms with Gasteiger partial charge in [0.2, 0.25) is 0 Å². The molecule has 0 radical (unpaired) electrons. The first kappa shape index (κ1) is 52.0. The maximum Gasteiger partial charge on any atom is 0.187 e. The summed E-state index contributed by atoms with van der Waals surface area (Å²) in [7, 11) is 0. The lowest BCUT2D eigenvalue weighted by molar-refractivity contribution is -0.373. The second-order valence-corrected chi connectivity index (χ2v) is 19.4. The summed E-state index contributed by atoms with van der Waals surface area (Å²) in [5.41, 5.74) is 1.98. The third-order valence-corrected chi connectivity index (χ3v) is 14.2. The van der Waals surface area contributed by atoms with Crippen molar-refractivity contribution in [3.63, 3.8) is 0 Å². The van der Waals surface area contributed by atoms with E-state index in [0.717, 1.165) is 30.4 Å². The molecular weight excluding hydrogens is 821 g/mol. The molecule has 0 spiro atoms. The Labute approximate surface area is 372 Å². The van der Waals surface area contributed by atoms with E-state index >= 15 is 0 Å². The highest BCUT2D eigenvalue weighted by atomic mass is 16.8. The first-order valence-corrected chi connectivity index (χ1v) is 22.7. The molecule has 3 saturated heterocycles. The predicted octanol–water partition coefficient (Wildman–Crippen LogP) is 2.24. The fourth-order valence-corrected chi connectivity index (χ4v) is 9.88. The fraction of sp³-hybridized carbons (Fsp3) is 0.809. The number of Topliss-reactive ketones (excluding diaryl/α,β-unsaturated/α-hetero) is 1. The van der Waals surface area contributed by atoms with Crippen LogP contribution in [0.4, 0.5) is 0 Å². The van der Waals surface area contributed by atoms with E-state index in [1.54, 1.807) is 19.9 Å². The molecule has 5 aliphatic rings. The van der Waals surface area contributed by atoms with Crippen LogP contribution in [0.15, 0.2) is 46.6 Å². The Morgan fingerprint density at radius 2 is 1.17 bits per heavy atom. The summed E-state index contributed by atoms with van der Waals surface area (Å²) in [5.74, 6) is -1.14. The molecule has 0 bridgehead atoms. The number of ketones is 1. The molecule has 3 heterocycles. The minimum Gasteiger partial charge on any atom is -0.388 e. The minimum atomic E-state index is -1.74. The predicted molar refractivity (Wildman–Crippen MR) is 229 cm³/mol. The van der Waals surface area contributed by atoms with Crippen LogP contribution in [0.2, 0.25) is 0 Å². The van der Waals surface area contributed by atoms with Gasteiger partial charge in [0.15, 0.2) is 18.9 Å². The van der Waals surface area contributed by atoms with E-state index in [0.29, 0.717) is 24.0 Å². The van der Waals surface area contributed by atoms with E-state index in [2.05, 4.69) is 0 Å². The van der Waals surface area contributed by atoms with E-state index in [9.17, 15) is 50.8 Å². The van der Waals surface area contributed by atoms with Crippen molar-refractivity contribution >= 4 is 5.78 Å². The largest absolute Gasteiger partial charge is 0.388 e. The van der Waals surface area contributed by atoms with Crippen molar-refractivity contribution in [2.75, 3.05) is 0 Å². The molecule has 360 valence electrons. The summed E-state index contributed by atoms with van der Waals surface area (Å²) in [6, 6.07) is 0.